The Morgan fingerprint density at radius 3 is 2.47 bits per heavy atom. The van der Waals surface area contributed by atoms with Gasteiger partial charge in [-0.05, 0) is 37.1 Å². The molecule has 3 nitrogen and oxygen atoms in total. The van der Waals surface area contributed by atoms with Crippen LogP contribution in [0.2, 0.25) is 0 Å². The van der Waals surface area contributed by atoms with Gasteiger partial charge in [-0.15, -0.1) is 0 Å². The molecule has 0 saturated heterocycles. The molecule has 0 aliphatic heterocycles. The van der Waals surface area contributed by atoms with Crippen molar-refractivity contribution in [1.82, 2.24) is 0 Å². The molecule has 0 radical (unpaired) electrons. The summed E-state index contributed by atoms with van der Waals surface area (Å²) in [4.78, 5) is 1.11. The molecule has 1 aromatic carbocycles. The van der Waals surface area contributed by atoms with Crippen molar-refractivity contribution in [3.05, 3.63) is 17.7 Å². The van der Waals surface area contributed by atoms with Crippen molar-refractivity contribution in [2.45, 2.75) is 31.1 Å². The van der Waals surface area contributed by atoms with E-state index in [1.54, 1.807) is 25.0 Å². The second-order valence-electron chi connectivity index (χ2n) is 4.11. The third-order valence-electron chi connectivity index (χ3n) is 2.71. The highest BCUT2D eigenvalue weighted by molar-refractivity contribution is 8.76. The lowest BCUT2D eigenvalue weighted by atomic mass is 10.1. The fraction of sp³-hybridized carbons (Fsp3) is 0.571. The van der Waals surface area contributed by atoms with E-state index in [9.17, 15) is 0 Å². The topological polar surface area (TPSA) is 44.5 Å². The summed E-state index contributed by atoms with van der Waals surface area (Å²) in [5.74, 6) is 2.94. The lowest BCUT2D eigenvalue weighted by Gasteiger charge is -2.14. The zero-order valence-corrected chi connectivity index (χ0v) is 13.5. The number of unbranched alkanes of at least 4 members (excludes halogenated alkanes) is 1. The number of nitrogens with two attached hydrogens (primary N) is 1. The van der Waals surface area contributed by atoms with E-state index in [1.165, 1.54) is 12.8 Å². The first-order valence-corrected chi connectivity index (χ1v) is 8.83. The quantitative estimate of drug-likeness (QED) is 0.556. The van der Waals surface area contributed by atoms with E-state index < -0.39 is 0 Å². The van der Waals surface area contributed by atoms with E-state index in [2.05, 4.69) is 6.92 Å². The first-order valence-electron chi connectivity index (χ1n) is 6.51. The molecule has 19 heavy (non-hydrogen) atoms. The maximum absolute atomic E-state index is 5.62. The van der Waals surface area contributed by atoms with Gasteiger partial charge in [0.05, 0.1) is 19.1 Å². The normalized spacial score (nSPS) is 10.5. The first kappa shape index (κ1) is 16.5. The fourth-order valence-corrected chi connectivity index (χ4v) is 4.03. The summed E-state index contributed by atoms with van der Waals surface area (Å²) < 4.78 is 10.9. The Morgan fingerprint density at radius 1 is 1.16 bits per heavy atom. The van der Waals surface area contributed by atoms with Crippen molar-refractivity contribution >= 4 is 21.6 Å². The van der Waals surface area contributed by atoms with Gasteiger partial charge < -0.3 is 15.2 Å². The fourth-order valence-electron chi connectivity index (χ4n) is 1.66. The largest absolute Gasteiger partial charge is 0.496 e. The maximum atomic E-state index is 5.62. The number of benzene rings is 1. The highest BCUT2D eigenvalue weighted by Gasteiger charge is 2.11. The van der Waals surface area contributed by atoms with Gasteiger partial charge in [-0.1, -0.05) is 34.9 Å². The zero-order chi connectivity index (χ0) is 14.1. The van der Waals surface area contributed by atoms with E-state index in [0.717, 1.165) is 34.1 Å². The van der Waals surface area contributed by atoms with Crippen LogP contribution >= 0.6 is 21.6 Å². The summed E-state index contributed by atoms with van der Waals surface area (Å²) in [6, 6.07) is 4.09. The SMILES string of the molecule is CCCCSSc1cc(OC)c(CCN)cc1OC. The van der Waals surface area contributed by atoms with Gasteiger partial charge >= 0.3 is 0 Å². The van der Waals surface area contributed by atoms with E-state index in [4.69, 9.17) is 15.2 Å². The third kappa shape index (κ3) is 5.16. The van der Waals surface area contributed by atoms with Crippen molar-refractivity contribution < 1.29 is 9.47 Å². The van der Waals surface area contributed by atoms with Crippen LogP contribution in [0.3, 0.4) is 0 Å². The molecule has 0 unspecified atom stereocenters. The van der Waals surface area contributed by atoms with Gasteiger partial charge in [0.15, 0.2) is 0 Å². The molecule has 0 aliphatic carbocycles. The Morgan fingerprint density at radius 2 is 1.89 bits per heavy atom. The number of rotatable bonds is 9. The van der Waals surface area contributed by atoms with Crippen molar-refractivity contribution in [2.24, 2.45) is 5.73 Å². The van der Waals surface area contributed by atoms with Crippen LogP contribution in [0.15, 0.2) is 17.0 Å². The molecule has 1 rings (SSSR count). The molecule has 0 aromatic heterocycles. The molecule has 0 fully saturated rings. The Hall–Kier alpha value is -0.520. The summed E-state index contributed by atoms with van der Waals surface area (Å²) in [7, 11) is 7.00. The van der Waals surface area contributed by atoms with Crippen LogP contribution in [0.4, 0.5) is 0 Å². The van der Waals surface area contributed by atoms with Gasteiger partial charge in [-0.25, -0.2) is 0 Å². The summed E-state index contributed by atoms with van der Waals surface area (Å²) in [6.07, 6.45) is 3.26. The molecule has 0 atom stereocenters. The van der Waals surface area contributed by atoms with Gasteiger partial charge in [-0.2, -0.15) is 0 Å². The van der Waals surface area contributed by atoms with Crippen LogP contribution in [0.1, 0.15) is 25.3 Å². The van der Waals surface area contributed by atoms with E-state index in [-0.39, 0.29) is 0 Å². The van der Waals surface area contributed by atoms with Gasteiger partial charge in [0, 0.05) is 5.75 Å². The average molecular weight is 301 g/mol. The van der Waals surface area contributed by atoms with Crippen molar-refractivity contribution in [2.75, 3.05) is 26.5 Å². The summed E-state index contributed by atoms with van der Waals surface area (Å²) in [5, 5.41) is 0. The lowest BCUT2D eigenvalue weighted by Crippen LogP contribution is -2.05. The Balaban J connectivity index is 2.83. The second kappa shape index (κ2) is 9.39. The Labute approximate surface area is 124 Å². The van der Waals surface area contributed by atoms with Crippen LogP contribution in [-0.2, 0) is 6.42 Å². The van der Waals surface area contributed by atoms with Crippen molar-refractivity contribution in [3.63, 3.8) is 0 Å². The zero-order valence-electron chi connectivity index (χ0n) is 11.9. The number of methoxy groups -OCH3 is 2. The molecule has 0 heterocycles. The van der Waals surface area contributed by atoms with Gasteiger partial charge in [0.1, 0.15) is 11.5 Å². The monoisotopic (exact) mass is 301 g/mol. The van der Waals surface area contributed by atoms with Crippen molar-refractivity contribution in [1.29, 1.82) is 0 Å². The molecule has 0 amide bonds. The molecule has 0 spiro atoms. The molecule has 0 saturated carbocycles. The van der Waals surface area contributed by atoms with Crippen molar-refractivity contribution in [3.8, 4) is 11.5 Å². The average Bonchev–Trinajstić information content (AvgIpc) is 2.44. The highest BCUT2D eigenvalue weighted by atomic mass is 33.1. The minimum atomic E-state index is 0.608. The molecule has 5 heteroatoms. The van der Waals surface area contributed by atoms with E-state index in [1.807, 2.05) is 22.9 Å². The second-order valence-corrected chi connectivity index (χ2v) is 6.57. The van der Waals surface area contributed by atoms with E-state index >= 15 is 0 Å². The van der Waals surface area contributed by atoms with Gasteiger partial charge in [-0.3, -0.25) is 0 Å². The van der Waals surface area contributed by atoms with Crippen LogP contribution < -0.4 is 15.2 Å². The van der Waals surface area contributed by atoms with Crippen LogP contribution in [0.5, 0.6) is 11.5 Å². The molecular weight excluding hydrogens is 278 g/mol. The third-order valence-corrected chi connectivity index (χ3v) is 5.17. The molecule has 1 aromatic rings. The number of hydrogen-bond acceptors (Lipinski definition) is 5. The Bertz CT molecular complexity index is 386. The first-order chi connectivity index (χ1) is 9.26. The predicted octanol–water partition coefficient (Wildman–Crippen LogP) is 3.75. The lowest BCUT2D eigenvalue weighted by molar-refractivity contribution is 0.390. The molecule has 2 N–H and O–H groups in total. The summed E-state index contributed by atoms with van der Waals surface area (Å²) in [5.41, 5.74) is 6.72. The smallest absolute Gasteiger partial charge is 0.133 e. The minimum absolute atomic E-state index is 0.608. The number of hydrogen-bond donors (Lipinski definition) is 1. The van der Waals surface area contributed by atoms with Crippen LogP contribution in [0, 0.1) is 0 Å². The predicted molar refractivity (Wildman–Crippen MR) is 85.5 cm³/mol. The van der Waals surface area contributed by atoms with Crippen LogP contribution in [-0.4, -0.2) is 26.5 Å². The van der Waals surface area contributed by atoms with E-state index in [0.29, 0.717) is 6.54 Å². The number of ether oxygens (including phenoxy) is 2. The molecule has 0 aliphatic rings. The minimum Gasteiger partial charge on any atom is -0.496 e. The van der Waals surface area contributed by atoms with Gasteiger partial charge in [0.2, 0.25) is 0 Å². The molecular formula is C14H23NO2S2. The standard InChI is InChI=1S/C14H23NO2S2/c1-4-5-8-18-19-14-10-12(16-2)11(6-7-15)9-13(14)17-3/h9-10H,4-8,15H2,1-3H3. The maximum Gasteiger partial charge on any atom is 0.133 e. The summed E-state index contributed by atoms with van der Waals surface area (Å²) >= 11 is 0. The molecule has 0 bridgehead atoms. The summed E-state index contributed by atoms with van der Waals surface area (Å²) in [6.45, 7) is 2.81. The Kier molecular flexibility index (Phi) is 8.18. The highest BCUT2D eigenvalue weighted by Crippen LogP contribution is 2.41. The van der Waals surface area contributed by atoms with Gasteiger partial charge in [0.25, 0.3) is 0 Å². The van der Waals surface area contributed by atoms with Crippen LogP contribution in [0.25, 0.3) is 0 Å². The molecule has 108 valence electrons.